The van der Waals surface area contributed by atoms with Gasteiger partial charge in [0.2, 0.25) is 5.91 Å². The van der Waals surface area contributed by atoms with Crippen LogP contribution < -0.4 is 0 Å². The first-order chi connectivity index (χ1) is 12.1. The molecule has 0 spiro atoms. The molecule has 1 N–H and O–H groups in total. The van der Waals surface area contributed by atoms with Crippen LogP contribution in [0, 0.1) is 0 Å². The summed E-state index contributed by atoms with van der Waals surface area (Å²) in [5.41, 5.74) is 1.11. The maximum absolute atomic E-state index is 12.4. The summed E-state index contributed by atoms with van der Waals surface area (Å²) in [6.45, 7) is 2.43. The molecule has 1 heterocycles. The van der Waals surface area contributed by atoms with Crippen LogP contribution in [-0.2, 0) is 20.9 Å². The van der Waals surface area contributed by atoms with Crippen molar-refractivity contribution in [3.8, 4) is 0 Å². The second-order valence-electron chi connectivity index (χ2n) is 6.56. The van der Waals surface area contributed by atoms with Gasteiger partial charge in [-0.15, -0.1) is 0 Å². The molecule has 2 rings (SSSR count). The lowest BCUT2D eigenvalue weighted by Crippen LogP contribution is -2.37. The highest BCUT2D eigenvalue weighted by atomic mass is 16.5. The van der Waals surface area contributed by atoms with Crippen molar-refractivity contribution in [3.05, 3.63) is 35.9 Å². The molecule has 1 aromatic carbocycles. The van der Waals surface area contributed by atoms with E-state index in [0.29, 0.717) is 26.2 Å². The Labute approximate surface area is 149 Å². The van der Waals surface area contributed by atoms with Gasteiger partial charge >= 0.3 is 5.97 Å². The second kappa shape index (κ2) is 10.2. The molecule has 6 nitrogen and oxygen atoms in total. The molecule has 0 saturated carbocycles. The van der Waals surface area contributed by atoms with Gasteiger partial charge in [0.15, 0.2) is 0 Å². The van der Waals surface area contributed by atoms with Gasteiger partial charge in [-0.25, -0.2) is 0 Å². The number of carbonyl (C=O) groups is 2. The van der Waals surface area contributed by atoms with Gasteiger partial charge in [-0.1, -0.05) is 30.3 Å². The molecule has 1 saturated heterocycles. The third kappa shape index (κ3) is 6.84. The van der Waals surface area contributed by atoms with Crippen molar-refractivity contribution in [2.45, 2.75) is 38.3 Å². The normalized spacial score (nSPS) is 18.2. The molecule has 1 fully saturated rings. The topological polar surface area (TPSA) is 70.1 Å². The first-order valence-corrected chi connectivity index (χ1v) is 8.87. The molecule has 1 atom stereocenters. The minimum absolute atomic E-state index is 0.0476. The monoisotopic (exact) mass is 348 g/mol. The van der Waals surface area contributed by atoms with Gasteiger partial charge in [-0.2, -0.15) is 0 Å². The highest BCUT2D eigenvalue weighted by molar-refractivity contribution is 5.76. The van der Waals surface area contributed by atoms with Crippen LogP contribution >= 0.6 is 0 Å². The molecule has 0 radical (unpaired) electrons. The quantitative estimate of drug-likeness (QED) is 0.728. The number of nitrogens with zero attached hydrogens (tertiary/aromatic N) is 2. The third-order valence-electron chi connectivity index (χ3n) is 4.63. The van der Waals surface area contributed by atoms with Crippen molar-refractivity contribution in [3.63, 3.8) is 0 Å². The minimum atomic E-state index is -0.810. The Hall–Kier alpha value is -1.92. The summed E-state index contributed by atoms with van der Waals surface area (Å²) in [6, 6.07) is 10.1. The maximum atomic E-state index is 12.4. The highest BCUT2D eigenvalue weighted by Gasteiger charge is 2.23. The van der Waals surface area contributed by atoms with Crippen molar-refractivity contribution < 1.29 is 19.4 Å². The molecule has 0 aliphatic carbocycles. The van der Waals surface area contributed by atoms with Gasteiger partial charge in [0, 0.05) is 19.1 Å². The van der Waals surface area contributed by atoms with Crippen LogP contribution in [0.5, 0.6) is 0 Å². The van der Waals surface area contributed by atoms with Gasteiger partial charge in [-0.3, -0.25) is 14.5 Å². The lowest BCUT2D eigenvalue weighted by Gasteiger charge is -2.25. The summed E-state index contributed by atoms with van der Waals surface area (Å²) in [6.07, 6.45) is 3.05. The Bertz CT molecular complexity index is 550. The summed E-state index contributed by atoms with van der Waals surface area (Å²) in [7, 11) is 1.84. The van der Waals surface area contributed by atoms with Gasteiger partial charge in [0.25, 0.3) is 0 Å². The van der Waals surface area contributed by atoms with E-state index < -0.39 is 5.97 Å². The number of carbonyl (C=O) groups excluding carboxylic acids is 1. The maximum Gasteiger partial charge on any atom is 0.317 e. The number of rotatable bonds is 8. The van der Waals surface area contributed by atoms with Crippen LogP contribution in [0.25, 0.3) is 0 Å². The van der Waals surface area contributed by atoms with Crippen LogP contribution in [0.3, 0.4) is 0 Å². The van der Waals surface area contributed by atoms with Crippen LogP contribution in [-0.4, -0.2) is 66.1 Å². The third-order valence-corrected chi connectivity index (χ3v) is 4.63. The smallest absolute Gasteiger partial charge is 0.317 e. The van der Waals surface area contributed by atoms with E-state index in [0.717, 1.165) is 31.4 Å². The fourth-order valence-corrected chi connectivity index (χ4v) is 3.19. The van der Waals surface area contributed by atoms with E-state index in [4.69, 9.17) is 9.84 Å². The van der Waals surface area contributed by atoms with Crippen molar-refractivity contribution in [1.82, 2.24) is 9.80 Å². The lowest BCUT2D eigenvalue weighted by atomic mass is 10.1. The van der Waals surface area contributed by atoms with E-state index in [1.807, 2.05) is 47.2 Å². The van der Waals surface area contributed by atoms with E-state index in [-0.39, 0.29) is 18.5 Å². The van der Waals surface area contributed by atoms with Gasteiger partial charge in [0.05, 0.1) is 26.2 Å². The average Bonchev–Trinajstić information content (AvgIpc) is 2.85. The van der Waals surface area contributed by atoms with Crippen LogP contribution in [0.1, 0.15) is 31.2 Å². The SMILES string of the molecule is CN(CC(=O)O)C1CCCN(C(=O)CCOCc2ccccc2)CC1. The zero-order chi connectivity index (χ0) is 18.1. The predicted molar refractivity (Wildman–Crippen MR) is 95.2 cm³/mol. The van der Waals surface area contributed by atoms with Crippen LogP contribution in [0.2, 0.25) is 0 Å². The molecule has 25 heavy (non-hydrogen) atoms. The number of aliphatic carboxylic acids is 1. The van der Waals surface area contributed by atoms with Crippen molar-refractivity contribution in [2.75, 3.05) is 33.3 Å². The Balaban J connectivity index is 1.68. The van der Waals surface area contributed by atoms with E-state index in [1.54, 1.807) is 0 Å². The molecular formula is C19H28N2O4. The van der Waals surface area contributed by atoms with E-state index >= 15 is 0 Å². The molecule has 1 unspecified atom stereocenters. The van der Waals surface area contributed by atoms with E-state index in [9.17, 15) is 9.59 Å². The number of carboxylic acids is 1. The van der Waals surface area contributed by atoms with Crippen LogP contribution in [0.15, 0.2) is 30.3 Å². The number of hydrogen-bond donors (Lipinski definition) is 1. The number of likely N-dealkylation sites (N-methyl/N-ethyl adjacent to an activating group) is 1. The largest absolute Gasteiger partial charge is 0.480 e. The number of amides is 1. The fraction of sp³-hybridized carbons (Fsp3) is 0.579. The summed E-state index contributed by atoms with van der Waals surface area (Å²) < 4.78 is 5.59. The molecule has 1 amide bonds. The zero-order valence-corrected chi connectivity index (χ0v) is 14.9. The molecule has 6 heteroatoms. The molecule has 138 valence electrons. The van der Waals surface area contributed by atoms with Gasteiger partial charge in [-0.05, 0) is 31.9 Å². The predicted octanol–water partition coefficient (Wildman–Crippen LogP) is 1.99. The fourth-order valence-electron chi connectivity index (χ4n) is 3.19. The summed E-state index contributed by atoms with van der Waals surface area (Å²) in [5, 5.41) is 8.91. The summed E-state index contributed by atoms with van der Waals surface area (Å²) in [4.78, 5) is 27.0. The molecule has 0 aromatic heterocycles. The Morgan fingerprint density at radius 2 is 2.00 bits per heavy atom. The minimum Gasteiger partial charge on any atom is -0.480 e. The number of likely N-dealkylation sites (tertiary alicyclic amines) is 1. The molecular weight excluding hydrogens is 320 g/mol. The van der Waals surface area contributed by atoms with Gasteiger partial charge in [0.1, 0.15) is 0 Å². The lowest BCUT2D eigenvalue weighted by molar-refractivity contribution is -0.138. The van der Waals surface area contributed by atoms with Crippen molar-refractivity contribution in [2.24, 2.45) is 0 Å². The Kier molecular flexibility index (Phi) is 7.88. The molecule has 0 bridgehead atoms. The molecule has 1 aromatic rings. The molecule has 1 aliphatic heterocycles. The first-order valence-electron chi connectivity index (χ1n) is 8.87. The summed E-state index contributed by atoms with van der Waals surface area (Å²) >= 11 is 0. The number of benzene rings is 1. The van der Waals surface area contributed by atoms with Crippen molar-refractivity contribution >= 4 is 11.9 Å². The van der Waals surface area contributed by atoms with Crippen LogP contribution in [0.4, 0.5) is 0 Å². The number of carboxylic acid groups (broad SMARTS) is 1. The Morgan fingerprint density at radius 3 is 2.72 bits per heavy atom. The number of ether oxygens (including phenoxy) is 1. The second-order valence-corrected chi connectivity index (χ2v) is 6.56. The highest BCUT2D eigenvalue weighted by Crippen LogP contribution is 2.16. The first kappa shape index (κ1) is 19.4. The van der Waals surface area contributed by atoms with Gasteiger partial charge < -0.3 is 14.7 Å². The van der Waals surface area contributed by atoms with E-state index in [2.05, 4.69) is 0 Å². The van der Waals surface area contributed by atoms with E-state index in [1.165, 1.54) is 0 Å². The van der Waals surface area contributed by atoms with Crippen molar-refractivity contribution in [1.29, 1.82) is 0 Å². The molecule has 1 aliphatic rings. The average molecular weight is 348 g/mol. The summed E-state index contributed by atoms with van der Waals surface area (Å²) in [5.74, 6) is -0.690. The number of hydrogen-bond acceptors (Lipinski definition) is 4. The standard InChI is InChI=1S/C19H28N2O4/c1-20(14-19(23)24)17-8-5-11-21(12-9-17)18(22)10-13-25-15-16-6-3-2-4-7-16/h2-4,6-7,17H,5,8-15H2,1H3,(H,23,24). The zero-order valence-electron chi connectivity index (χ0n) is 14.9. The Morgan fingerprint density at radius 1 is 1.24 bits per heavy atom.